The van der Waals surface area contributed by atoms with Crippen LogP contribution >= 0.6 is 0 Å². The fraction of sp³-hybridized carbons (Fsp3) is 0.421. The summed E-state index contributed by atoms with van der Waals surface area (Å²) in [4.78, 5) is 25.1. The molecule has 1 saturated carbocycles. The van der Waals surface area contributed by atoms with Crippen LogP contribution in [0.25, 0.3) is 0 Å². The third-order valence-electron chi connectivity index (χ3n) is 5.22. The van der Waals surface area contributed by atoms with Gasteiger partial charge in [0.15, 0.2) is 0 Å². The van der Waals surface area contributed by atoms with Gasteiger partial charge < -0.3 is 10.1 Å². The highest BCUT2D eigenvalue weighted by molar-refractivity contribution is 5.91. The molecule has 2 aromatic rings. The molecule has 1 N–H and O–H groups in total. The number of hydrogen-bond donors (Lipinski definition) is 1. The third-order valence-corrected chi connectivity index (χ3v) is 5.22. The Morgan fingerprint density at radius 2 is 1.96 bits per heavy atom. The molecule has 0 spiro atoms. The minimum atomic E-state index is -0.605. The van der Waals surface area contributed by atoms with Crippen molar-refractivity contribution in [2.24, 2.45) is 0 Å². The number of aryl methyl sites for hydroxylation is 1. The summed E-state index contributed by atoms with van der Waals surface area (Å²) in [7, 11) is 0. The minimum absolute atomic E-state index is 0.106. The Hall–Kier alpha value is -2.54. The monoisotopic (exact) mass is 357 g/mol. The second-order valence-electron chi connectivity index (χ2n) is 7.03. The van der Waals surface area contributed by atoms with E-state index in [1.54, 1.807) is 18.2 Å². The van der Waals surface area contributed by atoms with Gasteiger partial charge in [-0.1, -0.05) is 12.1 Å². The summed E-state index contributed by atoms with van der Waals surface area (Å²) < 4.78 is 20.1. The third kappa shape index (κ3) is 2.92. The topological polar surface area (TPSA) is 73.2 Å². The molecular weight excluding hydrogens is 337 g/mol. The van der Waals surface area contributed by atoms with E-state index in [4.69, 9.17) is 4.74 Å². The van der Waals surface area contributed by atoms with Crippen molar-refractivity contribution in [3.05, 3.63) is 63.8 Å². The lowest BCUT2D eigenvalue weighted by molar-refractivity contribution is -0.124. The zero-order valence-corrected chi connectivity index (χ0v) is 14.4. The van der Waals surface area contributed by atoms with Crippen LogP contribution in [0, 0.1) is 12.7 Å². The minimum Gasteiger partial charge on any atom is -0.377 e. The molecule has 1 amide bonds. The summed E-state index contributed by atoms with van der Waals surface area (Å²) in [6.45, 7) is 2.47. The summed E-state index contributed by atoms with van der Waals surface area (Å²) >= 11 is 0. The van der Waals surface area contributed by atoms with Crippen molar-refractivity contribution < 1.29 is 13.9 Å². The quantitative estimate of drug-likeness (QED) is 0.900. The standard InChI is InChI=1S/C19H20FN3O3/c1-12-2-7-17(24)23(22-12)16-11-26-10-15(16)21-18(25)19(8-9-19)13-3-5-14(20)6-4-13/h2-7,15-16H,8-11H2,1H3,(H,21,25). The van der Waals surface area contributed by atoms with Crippen molar-refractivity contribution in [1.29, 1.82) is 0 Å². The van der Waals surface area contributed by atoms with Crippen molar-refractivity contribution in [2.45, 2.75) is 37.3 Å². The molecule has 1 aromatic heterocycles. The van der Waals surface area contributed by atoms with Crippen LogP contribution in [0.5, 0.6) is 0 Å². The van der Waals surface area contributed by atoms with Gasteiger partial charge in [0.2, 0.25) is 5.91 Å². The molecule has 2 aliphatic rings. The predicted octanol–water partition coefficient (Wildman–Crippen LogP) is 1.48. The molecule has 1 saturated heterocycles. The van der Waals surface area contributed by atoms with Gasteiger partial charge in [0.1, 0.15) is 11.9 Å². The van der Waals surface area contributed by atoms with Crippen molar-refractivity contribution in [2.75, 3.05) is 13.2 Å². The van der Waals surface area contributed by atoms with Crippen molar-refractivity contribution in [1.82, 2.24) is 15.1 Å². The van der Waals surface area contributed by atoms with Gasteiger partial charge in [-0.25, -0.2) is 9.07 Å². The van der Waals surface area contributed by atoms with Gasteiger partial charge in [0.05, 0.1) is 30.4 Å². The highest BCUT2D eigenvalue weighted by atomic mass is 19.1. The van der Waals surface area contributed by atoms with E-state index in [2.05, 4.69) is 10.4 Å². The van der Waals surface area contributed by atoms with Crippen LogP contribution < -0.4 is 10.9 Å². The highest BCUT2D eigenvalue weighted by Crippen LogP contribution is 2.48. The van der Waals surface area contributed by atoms with Crippen molar-refractivity contribution >= 4 is 5.91 Å². The lowest BCUT2D eigenvalue weighted by Gasteiger charge is -2.23. The lowest BCUT2D eigenvalue weighted by atomic mass is 9.94. The van der Waals surface area contributed by atoms with Gasteiger partial charge in [0.25, 0.3) is 5.56 Å². The van der Waals surface area contributed by atoms with Gasteiger partial charge in [0, 0.05) is 6.07 Å². The Labute approximate surface area is 150 Å². The molecule has 4 rings (SSSR count). The number of nitrogens with one attached hydrogen (secondary N) is 1. The molecule has 2 unspecified atom stereocenters. The molecule has 136 valence electrons. The summed E-state index contributed by atoms with van der Waals surface area (Å²) in [6.07, 6.45) is 1.46. The molecular formula is C19H20FN3O3. The number of amides is 1. The van der Waals surface area contributed by atoms with Crippen LogP contribution in [0.15, 0.2) is 41.2 Å². The zero-order valence-electron chi connectivity index (χ0n) is 14.4. The molecule has 7 heteroatoms. The molecule has 2 fully saturated rings. The van der Waals surface area contributed by atoms with Crippen LogP contribution in [-0.2, 0) is 14.9 Å². The Balaban J connectivity index is 1.54. The van der Waals surface area contributed by atoms with Gasteiger partial charge in [-0.3, -0.25) is 9.59 Å². The maximum absolute atomic E-state index is 13.2. The van der Waals surface area contributed by atoms with E-state index in [-0.39, 0.29) is 29.4 Å². The Morgan fingerprint density at radius 1 is 1.23 bits per heavy atom. The van der Waals surface area contributed by atoms with Crippen molar-refractivity contribution in [3.63, 3.8) is 0 Å². The van der Waals surface area contributed by atoms with E-state index >= 15 is 0 Å². The maximum Gasteiger partial charge on any atom is 0.267 e. The molecule has 0 bridgehead atoms. The Morgan fingerprint density at radius 3 is 2.65 bits per heavy atom. The fourth-order valence-corrected chi connectivity index (χ4v) is 3.53. The Bertz CT molecular complexity index is 890. The summed E-state index contributed by atoms with van der Waals surface area (Å²) in [5, 5.41) is 7.32. The predicted molar refractivity (Wildman–Crippen MR) is 92.3 cm³/mol. The molecule has 26 heavy (non-hydrogen) atoms. The normalized spacial score (nSPS) is 23.6. The van der Waals surface area contributed by atoms with E-state index in [0.29, 0.717) is 13.2 Å². The van der Waals surface area contributed by atoms with E-state index < -0.39 is 5.41 Å². The van der Waals surface area contributed by atoms with E-state index in [9.17, 15) is 14.0 Å². The van der Waals surface area contributed by atoms with Crippen LogP contribution in [0.1, 0.15) is 30.1 Å². The number of ether oxygens (including phenoxy) is 1. The van der Waals surface area contributed by atoms with Gasteiger partial charge in [-0.2, -0.15) is 5.10 Å². The molecule has 1 aliphatic heterocycles. The number of carbonyl (C=O) groups excluding carboxylic acids is 1. The first-order valence-corrected chi connectivity index (χ1v) is 8.71. The summed E-state index contributed by atoms with van der Waals surface area (Å²) in [5.74, 6) is -0.426. The lowest BCUT2D eigenvalue weighted by Crippen LogP contribution is -2.47. The SMILES string of the molecule is Cc1ccc(=O)n(C2COCC2NC(=O)C2(c3ccc(F)cc3)CC2)n1. The molecule has 2 heterocycles. The maximum atomic E-state index is 13.2. The molecule has 2 atom stereocenters. The first-order chi connectivity index (χ1) is 12.5. The number of carbonyl (C=O) groups is 1. The highest BCUT2D eigenvalue weighted by Gasteiger charge is 2.52. The number of nitrogens with zero attached hydrogens (tertiary/aromatic N) is 2. The van der Waals surface area contributed by atoms with E-state index in [0.717, 1.165) is 24.1 Å². The van der Waals surface area contributed by atoms with Crippen LogP contribution in [0.3, 0.4) is 0 Å². The van der Waals surface area contributed by atoms with Gasteiger partial charge in [-0.15, -0.1) is 0 Å². The number of aromatic nitrogens is 2. The van der Waals surface area contributed by atoms with Crippen LogP contribution in [0.2, 0.25) is 0 Å². The summed E-state index contributed by atoms with van der Waals surface area (Å²) in [5.41, 5.74) is 0.723. The number of rotatable bonds is 4. The second-order valence-corrected chi connectivity index (χ2v) is 7.03. The molecule has 1 aliphatic carbocycles. The van der Waals surface area contributed by atoms with Crippen LogP contribution in [0.4, 0.5) is 4.39 Å². The Kier molecular flexibility index (Phi) is 4.11. The van der Waals surface area contributed by atoms with Crippen LogP contribution in [-0.4, -0.2) is 34.9 Å². The molecule has 1 aromatic carbocycles. The fourth-order valence-electron chi connectivity index (χ4n) is 3.53. The number of hydrogen-bond acceptors (Lipinski definition) is 4. The van der Waals surface area contributed by atoms with E-state index in [1.165, 1.54) is 22.9 Å². The largest absolute Gasteiger partial charge is 0.377 e. The first kappa shape index (κ1) is 16.9. The molecule has 0 radical (unpaired) electrons. The van der Waals surface area contributed by atoms with Gasteiger partial charge in [-0.05, 0) is 43.5 Å². The van der Waals surface area contributed by atoms with Crippen molar-refractivity contribution in [3.8, 4) is 0 Å². The first-order valence-electron chi connectivity index (χ1n) is 8.71. The number of halogens is 1. The summed E-state index contributed by atoms with van der Waals surface area (Å²) in [6, 6.07) is 8.55. The molecule has 6 nitrogen and oxygen atoms in total. The smallest absolute Gasteiger partial charge is 0.267 e. The average Bonchev–Trinajstić information content (AvgIpc) is 3.32. The average molecular weight is 357 g/mol. The zero-order chi connectivity index (χ0) is 18.3. The van der Waals surface area contributed by atoms with E-state index in [1.807, 2.05) is 6.92 Å². The van der Waals surface area contributed by atoms with Gasteiger partial charge >= 0.3 is 0 Å². The second kappa shape index (κ2) is 6.32. The number of benzene rings is 1.